The Balaban J connectivity index is 2.64. The first kappa shape index (κ1) is 12.6. The van der Waals surface area contributed by atoms with Crippen molar-refractivity contribution in [2.24, 2.45) is 7.05 Å². The Labute approximate surface area is 107 Å². The molecule has 0 saturated heterocycles. The number of carboxylic acid groups (broad SMARTS) is 1. The molecule has 0 aromatic carbocycles. The van der Waals surface area contributed by atoms with Gasteiger partial charge in [-0.3, -0.25) is 18.8 Å². The monoisotopic (exact) mass is 267 g/mol. The molecule has 2 heterocycles. The van der Waals surface area contributed by atoms with Crippen LogP contribution >= 0.6 is 11.3 Å². The van der Waals surface area contributed by atoms with Crippen molar-refractivity contribution in [3.05, 3.63) is 26.4 Å². The number of hydrogen-bond donors (Lipinski definition) is 1. The van der Waals surface area contributed by atoms with E-state index in [9.17, 15) is 9.59 Å². The molecule has 0 aliphatic carbocycles. The van der Waals surface area contributed by atoms with Crippen LogP contribution in [-0.2, 0) is 18.4 Å². The minimum Gasteiger partial charge on any atom is -0.480 e. The normalized spacial score (nSPS) is 10.8. The van der Waals surface area contributed by atoms with Crippen LogP contribution < -0.4 is 4.87 Å². The number of carboxylic acids is 1. The van der Waals surface area contributed by atoms with E-state index >= 15 is 0 Å². The lowest BCUT2D eigenvalue weighted by Gasteiger charge is -2.05. The second kappa shape index (κ2) is 4.41. The molecule has 0 aliphatic heterocycles. The van der Waals surface area contributed by atoms with Crippen LogP contribution in [0.3, 0.4) is 0 Å². The highest BCUT2D eigenvalue weighted by atomic mass is 32.1. The predicted octanol–water partition coefficient (Wildman–Crippen LogP) is 1.01. The summed E-state index contributed by atoms with van der Waals surface area (Å²) in [5.74, 6) is -1.03. The summed E-state index contributed by atoms with van der Waals surface area (Å²) < 4.78 is 2.99. The summed E-state index contributed by atoms with van der Waals surface area (Å²) >= 11 is 1.00. The largest absolute Gasteiger partial charge is 0.480 e. The second-order valence-electron chi connectivity index (χ2n) is 4.04. The summed E-state index contributed by atoms with van der Waals surface area (Å²) in [4.78, 5) is 22.2. The first-order chi connectivity index (χ1) is 8.41. The van der Waals surface area contributed by atoms with Crippen molar-refractivity contribution < 1.29 is 9.90 Å². The number of rotatable bonds is 3. The van der Waals surface area contributed by atoms with Gasteiger partial charge >= 0.3 is 10.8 Å². The number of aromatic nitrogens is 3. The van der Waals surface area contributed by atoms with E-state index in [1.54, 1.807) is 10.1 Å². The van der Waals surface area contributed by atoms with Crippen LogP contribution in [0.4, 0.5) is 0 Å². The Morgan fingerprint density at radius 1 is 1.50 bits per heavy atom. The van der Waals surface area contributed by atoms with Crippen LogP contribution in [0.25, 0.3) is 11.3 Å². The molecule has 0 aliphatic rings. The summed E-state index contributed by atoms with van der Waals surface area (Å²) in [6.07, 6.45) is 0. The van der Waals surface area contributed by atoms with E-state index in [-0.39, 0.29) is 11.4 Å². The summed E-state index contributed by atoms with van der Waals surface area (Å²) in [6.45, 7) is 3.41. The maximum absolute atomic E-state index is 11.7. The number of aliphatic carboxylic acids is 1. The standard InChI is InChI=1S/C11H13N3O3S/c1-6-10(7(2)13(3)12-6)8-5-18-11(17)14(8)4-9(15)16/h5H,4H2,1-3H3,(H,15,16). The van der Waals surface area contributed by atoms with Gasteiger partial charge in [0.15, 0.2) is 0 Å². The smallest absolute Gasteiger partial charge is 0.323 e. The van der Waals surface area contributed by atoms with Gasteiger partial charge in [-0.1, -0.05) is 11.3 Å². The lowest BCUT2D eigenvalue weighted by molar-refractivity contribution is -0.137. The minimum absolute atomic E-state index is 0.268. The Morgan fingerprint density at radius 2 is 2.17 bits per heavy atom. The molecule has 0 radical (unpaired) electrons. The second-order valence-corrected chi connectivity index (χ2v) is 4.86. The highest BCUT2D eigenvalue weighted by Crippen LogP contribution is 2.26. The molecule has 0 saturated carbocycles. The average molecular weight is 267 g/mol. The summed E-state index contributed by atoms with van der Waals surface area (Å²) in [5.41, 5.74) is 3.14. The first-order valence-electron chi connectivity index (χ1n) is 5.32. The van der Waals surface area contributed by atoms with E-state index < -0.39 is 5.97 Å². The van der Waals surface area contributed by atoms with Gasteiger partial charge in [0.1, 0.15) is 6.54 Å². The van der Waals surface area contributed by atoms with Crippen LogP contribution in [0.5, 0.6) is 0 Å². The number of nitrogens with zero attached hydrogens (tertiary/aromatic N) is 3. The molecule has 1 N–H and O–H groups in total. The molecule has 0 atom stereocenters. The summed E-state index contributed by atoms with van der Waals surface area (Å²) in [6, 6.07) is 0. The Hall–Kier alpha value is -1.89. The predicted molar refractivity (Wildman–Crippen MR) is 67.9 cm³/mol. The highest BCUT2D eigenvalue weighted by Gasteiger charge is 2.18. The van der Waals surface area contributed by atoms with Crippen molar-refractivity contribution in [2.75, 3.05) is 0 Å². The highest BCUT2D eigenvalue weighted by molar-refractivity contribution is 7.07. The van der Waals surface area contributed by atoms with Gasteiger partial charge in [-0.05, 0) is 13.8 Å². The zero-order chi connectivity index (χ0) is 13.4. The molecule has 0 bridgehead atoms. The fourth-order valence-corrected chi connectivity index (χ4v) is 2.70. The van der Waals surface area contributed by atoms with E-state index in [4.69, 9.17) is 5.11 Å². The average Bonchev–Trinajstić information content (AvgIpc) is 2.71. The van der Waals surface area contributed by atoms with Crippen molar-refractivity contribution in [3.63, 3.8) is 0 Å². The van der Waals surface area contributed by atoms with E-state index in [1.807, 2.05) is 20.9 Å². The minimum atomic E-state index is -1.03. The van der Waals surface area contributed by atoms with Crippen molar-refractivity contribution >= 4 is 17.3 Å². The van der Waals surface area contributed by atoms with Gasteiger partial charge in [-0.15, -0.1) is 0 Å². The Kier molecular flexibility index (Phi) is 3.08. The molecule has 6 nitrogen and oxygen atoms in total. The number of thiazole rings is 1. The van der Waals surface area contributed by atoms with Crippen LogP contribution in [0, 0.1) is 13.8 Å². The SMILES string of the molecule is Cc1nn(C)c(C)c1-c1csc(=O)n1CC(=O)O. The quantitative estimate of drug-likeness (QED) is 0.900. The first-order valence-corrected chi connectivity index (χ1v) is 6.20. The third kappa shape index (κ3) is 1.97. The molecular formula is C11H13N3O3S. The van der Waals surface area contributed by atoms with Crippen molar-refractivity contribution in [2.45, 2.75) is 20.4 Å². The molecule has 96 valence electrons. The number of hydrogen-bond acceptors (Lipinski definition) is 4. The molecule has 2 aromatic heterocycles. The van der Waals surface area contributed by atoms with Crippen LogP contribution in [0.15, 0.2) is 10.2 Å². The van der Waals surface area contributed by atoms with Crippen LogP contribution in [0.2, 0.25) is 0 Å². The number of carbonyl (C=O) groups is 1. The van der Waals surface area contributed by atoms with Gasteiger partial charge in [0, 0.05) is 23.7 Å². The topological polar surface area (TPSA) is 77.1 Å². The summed E-state index contributed by atoms with van der Waals surface area (Å²) in [7, 11) is 1.82. The third-order valence-electron chi connectivity index (χ3n) is 2.84. The molecule has 7 heteroatoms. The molecule has 2 rings (SSSR count). The van der Waals surface area contributed by atoms with Crippen LogP contribution in [-0.4, -0.2) is 25.4 Å². The lowest BCUT2D eigenvalue weighted by atomic mass is 10.1. The third-order valence-corrected chi connectivity index (χ3v) is 3.60. The van der Waals surface area contributed by atoms with Gasteiger partial charge in [0.05, 0.1) is 11.4 Å². The van der Waals surface area contributed by atoms with Gasteiger partial charge < -0.3 is 5.11 Å². The molecule has 0 spiro atoms. The van der Waals surface area contributed by atoms with Crippen molar-refractivity contribution in [1.29, 1.82) is 0 Å². The fraction of sp³-hybridized carbons (Fsp3) is 0.364. The molecule has 2 aromatic rings. The van der Waals surface area contributed by atoms with Crippen molar-refractivity contribution in [1.82, 2.24) is 14.3 Å². The maximum atomic E-state index is 11.7. The Morgan fingerprint density at radius 3 is 2.67 bits per heavy atom. The van der Waals surface area contributed by atoms with Gasteiger partial charge in [-0.2, -0.15) is 5.10 Å². The fourth-order valence-electron chi connectivity index (χ4n) is 1.95. The molecule has 0 fully saturated rings. The van der Waals surface area contributed by atoms with Gasteiger partial charge in [0.2, 0.25) is 0 Å². The molecule has 0 unspecified atom stereocenters. The molecule has 0 amide bonds. The number of aryl methyl sites for hydroxylation is 2. The zero-order valence-corrected chi connectivity index (χ0v) is 11.1. The van der Waals surface area contributed by atoms with Gasteiger partial charge in [0.25, 0.3) is 0 Å². The maximum Gasteiger partial charge on any atom is 0.323 e. The van der Waals surface area contributed by atoms with Crippen molar-refractivity contribution in [3.8, 4) is 11.3 Å². The van der Waals surface area contributed by atoms with E-state index in [0.29, 0.717) is 5.69 Å². The summed E-state index contributed by atoms with van der Waals surface area (Å²) in [5, 5.41) is 14.8. The van der Waals surface area contributed by atoms with E-state index in [0.717, 1.165) is 28.3 Å². The molecule has 18 heavy (non-hydrogen) atoms. The van der Waals surface area contributed by atoms with E-state index in [2.05, 4.69) is 5.10 Å². The van der Waals surface area contributed by atoms with Crippen LogP contribution in [0.1, 0.15) is 11.4 Å². The lowest BCUT2D eigenvalue weighted by Crippen LogP contribution is -2.20. The Bertz CT molecular complexity index is 666. The molecular weight excluding hydrogens is 254 g/mol. The van der Waals surface area contributed by atoms with E-state index in [1.165, 1.54) is 4.57 Å². The zero-order valence-electron chi connectivity index (χ0n) is 10.3. The van der Waals surface area contributed by atoms with Gasteiger partial charge in [-0.25, -0.2) is 0 Å².